The third-order valence-corrected chi connectivity index (χ3v) is 6.68. The van der Waals surface area contributed by atoms with Gasteiger partial charge in [-0.05, 0) is 62.1 Å². The zero-order chi connectivity index (χ0) is 24.1. The molecule has 4 rings (SSSR count). The van der Waals surface area contributed by atoms with Crippen molar-refractivity contribution in [2.45, 2.75) is 58.7 Å². The average molecular weight is 458 g/mol. The lowest BCUT2D eigenvalue weighted by Crippen LogP contribution is -2.49. The van der Waals surface area contributed by atoms with E-state index in [0.717, 1.165) is 37.1 Å². The molecule has 1 aromatic heterocycles. The quantitative estimate of drug-likeness (QED) is 0.460. The first-order valence-electron chi connectivity index (χ1n) is 12.4. The number of fused-ring (bicyclic) bond motifs is 1. The number of carbonyl (C=O) groups is 2. The van der Waals surface area contributed by atoms with Crippen molar-refractivity contribution in [2.24, 2.45) is 0 Å². The standard InChI is InChI=1S/C29H35N3O2/c1-4-5-10-23-14-16-25(17-15-23)29(34)32(22(2)3)21-27(33)31-20-19-30-18-9-13-26(30)28(31)24-11-7-6-8-12-24/h6-9,11-18,22,28H,4-5,10,19-21H2,1-3H3. The molecule has 1 atom stereocenters. The largest absolute Gasteiger partial charge is 0.348 e. The average Bonchev–Trinajstić information content (AvgIpc) is 3.34. The Morgan fingerprint density at radius 3 is 2.38 bits per heavy atom. The Kier molecular flexibility index (Phi) is 7.51. The first-order valence-corrected chi connectivity index (χ1v) is 12.4. The summed E-state index contributed by atoms with van der Waals surface area (Å²) in [5.74, 6) is -0.120. The van der Waals surface area contributed by atoms with Crippen molar-refractivity contribution in [3.63, 3.8) is 0 Å². The molecule has 5 heteroatoms. The molecule has 0 aliphatic carbocycles. The first-order chi connectivity index (χ1) is 16.5. The maximum atomic E-state index is 13.7. The van der Waals surface area contributed by atoms with Gasteiger partial charge in [-0.3, -0.25) is 9.59 Å². The van der Waals surface area contributed by atoms with Crippen LogP contribution in [0.1, 0.15) is 66.8 Å². The number of hydrogen-bond donors (Lipinski definition) is 0. The third kappa shape index (κ3) is 5.09. The molecular formula is C29H35N3O2. The van der Waals surface area contributed by atoms with E-state index < -0.39 is 0 Å². The number of amides is 2. The van der Waals surface area contributed by atoms with Gasteiger partial charge in [0.25, 0.3) is 5.91 Å². The maximum Gasteiger partial charge on any atom is 0.254 e. The Labute approximate surface area is 203 Å². The van der Waals surface area contributed by atoms with Crippen LogP contribution in [0, 0.1) is 0 Å². The van der Waals surface area contributed by atoms with Crippen LogP contribution in [0.15, 0.2) is 72.9 Å². The zero-order valence-electron chi connectivity index (χ0n) is 20.5. The van der Waals surface area contributed by atoms with E-state index in [1.165, 1.54) is 5.56 Å². The van der Waals surface area contributed by atoms with Crippen LogP contribution in [0.25, 0.3) is 0 Å². The van der Waals surface area contributed by atoms with Gasteiger partial charge in [-0.2, -0.15) is 0 Å². The molecule has 0 spiro atoms. The van der Waals surface area contributed by atoms with Gasteiger partial charge in [0.2, 0.25) is 5.91 Å². The van der Waals surface area contributed by atoms with Crippen LogP contribution in [0.2, 0.25) is 0 Å². The van der Waals surface area contributed by atoms with Crippen LogP contribution < -0.4 is 0 Å². The Morgan fingerprint density at radius 1 is 0.971 bits per heavy atom. The Morgan fingerprint density at radius 2 is 1.71 bits per heavy atom. The summed E-state index contributed by atoms with van der Waals surface area (Å²) in [5.41, 5.74) is 4.07. The third-order valence-electron chi connectivity index (χ3n) is 6.68. The molecule has 2 heterocycles. The molecule has 1 aliphatic rings. The van der Waals surface area contributed by atoms with E-state index >= 15 is 0 Å². The van der Waals surface area contributed by atoms with Crippen molar-refractivity contribution in [1.29, 1.82) is 0 Å². The number of nitrogens with zero attached hydrogens (tertiary/aromatic N) is 3. The Bertz CT molecular complexity index is 1100. The molecule has 1 unspecified atom stereocenters. The van der Waals surface area contributed by atoms with Crippen LogP contribution in [-0.4, -0.2) is 45.3 Å². The van der Waals surface area contributed by atoms with Crippen molar-refractivity contribution >= 4 is 11.8 Å². The smallest absolute Gasteiger partial charge is 0.254 e. The molecule has 0 fully saturated rings. The monoisotopic (exact) mass is 457 g/mol. The molecule has 2 amide bonds. The lowest BCUT2D eigenvalue weighted by molar-refractivity contribution is -0.135. The second-order valence-corrected chi connectivity index (χ2v) is 9.35. The fourth-order valence-corrected chi connectivity index (χ4v) is 4.72. The topological polar surface area (TPSA) is 45.6 Å². The van der Waals surface area contributed by atoms with Gasteiger partial charge in [-0.1, -0.05) is 55.8 Å². The van der Waals surface area contributed by atoms with E-state index in [1.807, 2.05) is 67.3 Å². The van der Waals surface area contributed by atoms with Gasteiger partial charge < -0.3 is 14.4 Å². The van der Waals surface area contributed by atoms with Crippen molar-refractivity contribution in [2.75, 3.05) is 13.1 Å². The minimum atomic E-state index is -0.153. The lowest BCUT2D eigenvalue weighted by Gasteiger charge is -2.39. The number of unbranched alkanes of at least 4 members (excludes halogenated alkanes) is 1. The molecule has 0 N–H and O–H groups in total. The lowest BCUT2D eigenvalue weighted by atomic mass is 9.99. The van der Waals surface area contributed by atoms with Gasteiger partial charge in [-0.25, -0.2) is 0 Å². The van der Waals surface area contributed by atoms with E-state index in [2.05, 4.69) is 35.9 Å². The van der Waals surface area contributed by atoms with Gasteiger partial charge in [0.05, 0.1) is 6.04 Å². The van der Waals surface area contributed by atoms with Crippen LogP contribution >= 0.6 is 0 Å². The highest BCUT2D eigenvalue weighted by Crippen LogP contribution is 2.32. The van der Waals surface area contributed by atoms with Gasteiger partial charge in [0, 0.05) is 36.6 Å². The number of carbonyl (C=O) groups excluding carboxylic acids is 2. The van der Waals surface area contributed by atoms with Crippen LogP contribution in [0.5, 0.6) is 0 Å². The van der Waals surface area contributed by atoms with E-state index in [-0.39, 0.29) is 30.4 Å². The highest BCUT2D eigenvalue weighted by molar-refractivity contribution is 5.96. The van der Waals surface area contributed by atoms with E-state index in [0.29, 0.717) is 12.1 Å². The summed E-state index contributed by atoms with van der Waals surface area (Å²) in [7, 11) is 0. The molecule has 0 bridgehead atoms. The molecule has 5 nitrogen and oxygen atoms in total. The normalized spacial score (nSPS) is 15.3. The minimum Gasteiger partial charge on any atom is -0.348 e. The molecule has 178 valence electrons. The summed E-state index contributed by atoms with van der Waals surface area (Å²) in [4.78, 5) is 30.7. The summed E-state index contributed by atoms with van der Waals surface area (Å²) in [5, 5.41) is 0. The first kappa shape index (κ1) is 23.8. The summed E-state index contributed by atoms with van der Waals surface area (Å²) in [6.45, 7) is 7.56. The molecule has 0 radical (unpaired) electrons. The fraction of sp³-hybridized carbons (Fsp3) is 0.379. The predicted molar refractivity (Wildman–Crippen MR) is 136 cm³/mol. The van der Waals surface area contributed by atoms with E-state index in [9.17, 15) is 9.59 Å². The molecule has 0 saturated heterocycles. The minimum absolute atomic E-state index is 0.0251. The second kappa shape index (κ2) is 10.7. The molecule has 34 heavy (non-hydrogen) atoms. The molecular weight excluding hydrogens is 422 g/mol. The number of hydrogen-bond acceptors (Lipinski definition) is 2. The summed E-state index contributed by atoms with van der Waals surface area (Å²) in [6, 6.07) is 21.9. The Balaban J connectivity index is 1.54. The van der Waals surface area contributed by atoms with Gasteiger partial charge in [-0.15, -0.1) is 0 Å². The summed E-state index contributed by atoms with van der Waals surface area (Å²) >= 11 is 0. The SMILES string of the molecule is CCCCc1ccc(C(=O)N(CC(=O)N2CCn3cccc3C2c2ccccc2)C(C)C)cc1. The fourth-order valence-electron chi connectivity index (χ4n) is 4.72. The highest BCUT2D eigenvalue weighted by atomic mass is 16.2. The molecule has 2 aromatic carbocycles. The Hall–Kier alpha value is -3.34. The number of benzene rings is 2. The summed E-state index contributed by atoms with van der Waals surface area (Å²) in [6.07, 6.45) is 5.38. The van der Waals surface area contributed by atoms with Gasteiger partial charge >= 0.3 is 0 Å². The zero-order valence-corrected chi connectivity index (χ0v) is 20.5. The van der Waals surface area contributed by atoms with Crippen LogP contribution in [0.3, 0.4) is 0 Å². The highest BCUT2D eigenvalue weighted by Gasteiger charge is 2.34. The van der Waals surface area contributed by atoms with Crippen molar-refractivity contribution in [3.05, 3.63) is 95.3 Å². The van der Waals surface area contributed by atoms with Crippen LogP contribution in [-0.2, 0) is 17.8 Å². The summed E-state index contributed by atoms with van der Waals surface area (Å²) < 4.78 is 2.22. The van der Waals surface area contributed by atoms with Gasteiger partial charge in [0.15, 0.2) is 0 Å². The second-order valence-electron chi connectivity index (χ2n) is 9.35. The number of aryl methyl sites for hydroxylation is 1. The molecule has 1 aliphatic heterocycles. The predicted octanol–water partition coefficient (Wildman–Crippen LogP) is 5.31. The number of aromatic nitrogens is 1. The molecule has 0 saturated carbocycles. The van der Waals surface area contributed by atoms with Crippen molar-refractivity contribution < 1.29 is 9.59 Å². The van der Waals surface area contributed by atoms with E-state index in [1.54, 1.807) is 4.90 Å². The number of rotatable bonds is 8. The maximum absolute atomic E-state index is 13.7. The van der Waals surface area contributed by atoms with E-state index in [4.69, 9.17) is 0 Å². The van der Waals surface area contributed by atoms with Crippen molar-refractivity contribution in [1.82, 2.24) is 14.4 Å². The van der Waals surface area contributed by atoms with Crippen molar-refractivity contribution in [3.8, 4) is 0 Å². The van der Waals surface area contributed by atoms with Gasteiger partial charge in [0.1, 0.15) is 6.54 Å². The molecule has 3 aromatic rings. The van der Waals surface area contributed by atoms with Crippen LogP contribution in [0.4, 0.5) is 0 Å².